The lowest BCUT2D eigenvalue weighted by atomic mass is 10.0. The second-order valence-electron chi connectivity index (χ2n) is 5.50. The van der Waals surface area contributed by atoms with E-state index in [1.807, 2.05) is 55.5 Å². The normalized spacial score (nSPS) is 11.8. The van der Waals surface area contributed by atoms with Gasteiger partial charge < -0.3 is 5.32 Å². The van der Waals surface area contributed by atoms with Crippen molar-refractivity contribution in [1.29, 1.82) is 5.26 Å². The summed E-state index contributed by atoms with van der Waals surface area (Å²) in [5.41, 5.74) is 2.58. The minimum Gasteiger partial charge on any atom is -0.324 e. The molecule has 2 aromatic carbocycles. The first-order chi connectivity index (χ1) is 11.5. The van der Waals surface area contributed by atoms with Crippen LogP contribution in [0.3, 0.4) is 0 Å². The Morgan fingerprint density at radius 2 is 1.92 bits per heavy atom. The van der Waals surface area contributed by atoms with E-state index >= 15 is 0 Å². The Hall–Kier alpha value is -1.91. The smallest absolute Gasteiger partial charge is 0.238 e. The Balaban J connectivity index is 2.03. The largest absolute Gasteiger partial charge is 0.324 e. The minimum absolute atomic E-state index is 0.0264. The predicted octanol–water partition coefficient (Wildman–Crippen LogP) is 4.18. The maximum absolute atomic E-state index is 12.4. The molecular formula is C19H20IN3O. The van der Waals surface area contributed by atoms with Crippen molar-refractivity contribution < 1.29 is 4.79 Å². The Kier molecular flexibility index (Phi) is 6.76. The fraction of sp³-hybridized carbons (Fsp3) is 0.263. The average Bonchev–Trinajstić information content (AvgIpc) is 2.61. The first-order valence-electron chi connectivity index (χ1n) is 7.83. The van der Waals surface area contributed by atoms with Gasteiger partial charge in [-0.05, 0) is 65.9 Å². The number of rotatable bonds is 6. The van der Waals surface area contributed by atoms with Gasteiger partial charge in [-0.25, -0.2) is 0 Å². The molecule has 0 aliphatic heterocycles. The lowest BCUT2D eigenvalue weighted by Crippen LogP contribution is -2.35. The molecule has 0 saturated carbocycles. The van der Waals surface area contributed by atoms with Crippen LogP contribution >= 0.6 is 22.6 Å². The summed E-state index contributed by atoms with van der Waals surface area (Å²) in [7, 11) is 0. The van der Waals surface area contributed by atoms with Crippen LogP contribution in [0, 0.1) is 14.9 Å². The quantitative estimate of drug-likeness (QED) is 0.696. The molecule has 1 amide bonds. The van der Waals surface area contributed by atoms with E-state index in [2.05, 4.69) is 45.8 Å². The van der Waals surface area contributed by atoms with Gasteiger partial charge in [0.15, 0.2) is 0 Å². The number of nitrogens with zero attached hydrogens (tertiary/aromatic N) is 2. The fourth-order valence-corrected chi connectivity index (χ4v) is 3.03. The van der Waals surface area contributed by atoms with E-state index in [9.17, 15) is 4.79 Å². The Morgan fingerprint density at radius 1 is 1.25 bits per heavy atom. The zero-order chi connectivity index (χ0) is 17.5. The number of likely N-dealkylation sites (N-methyl/N-ethyl adjacent to an activating group) is 1. The number of para-hydroxylation sites is 1. The number of amides is 1. The van der Waals surface area contributed by atoms with Gasteiger partial charge in [-0.3, -0.25) is 9.69 Å². The van der Waals surface area contributed by atoms with E-state index in [0.717, 1.165) is 21.4 Å². The average molecular weight is 433 g/mol. The van der Waals surface area contributed by atoms with Crippen molar-refractivity contribution in [3.63, 3.8) is 0 Å². The first-order valence-corrected chi connectivity index (χ1v) is 8.91. The molecule has 0 aliphatic rings. The van der Waals surface area contributed by atoms with Crippen LogP contribution in [0.5, 0.6) is 0 Å². The Bertz CT molecular complexity index is 737. The van der Waals surface area contributed by atoms with E-state index < -0.39 is 0 Å². The zero-order valence-corrected chi connectivity index (χ0v) is 15.9. The maximum Gasteiger partial charge on any atom is 0.238 e. The van der Waals surface area contributed by atoms with Crippen molar-refractivity contribution in [2.24, 2.45) is 0 Å². The summed E-state index contributed by atoms with van der Waals surface area (Å²) in [6.45, 7) is 5.20. The van der Waals surface area contributed by atoms with Crippen LogP contribution < -0.4 is 5.32 Å². The van der Waals surface area contributed by atoms with Crippen LogP contribution in [-0.4, -0.2) is 23.9 Å². The lowest BCUT2D eigenvalue weighted by Gasteiger charge is -2.27. The number of anilines is 1. The molecule has 0 fully saturated rings. The van der Waals surface area contributed by atoms with Crippen LogP contribution in [0.15, 0.2) is 48.5 Å². The van der Waals surface area contributed by atoms with E-state index in [0.29, 0.717) is 12.1 Å². The standard InChI is InChI=1S/C19H20IN3O/c1-3-23(14(2)16-10-8-15(12-21)9-11-16)13-19(24)22-18-7-5-4-6-17(18)20/h4-11,14H,3,13H2,1-2H3,(H,22,24). The number of carbonyl (C=O) groups is 1. The zero-order valence-electron chi connectivity index (χ0n) is 13.8. The third-order valence-electron chi connectivity index (χ3n) is 3.97. The molecule has 0 aliphatic carbocycles. The van der Waals surface area contributed by atoms with Gasteiger partial charge in [-0.15, -0.1) is 0 Å². The molecule has 5 heteroatoms. The van der Waals surface area contributed by atoms with E-state index in [-0.39, 0.29) is 11.9 Å². The van der Waals surface area contributed by atoms with Crippen molar-refractivity contribution in [2.45, 2.75) is 19.9 Å². The molecule has 124 valence electrons. The Morgan fingerprint density at radius 3 is 2.50 bits per heavy atom. The minimum atomic E-state index is -0.0264. The van der Waals surface area contributed by atoms with E-state index in [4.69, 9.17) is 5.26 Å². The number of nitriles is 1. The molecule has 4 nitrogen and oxygen atoms in total. The third-order valence-corrected chi connectivity index (χ3v) is 4.91. The number of carbonyl (C=O) groups excluding carboxylic acids is 1. The van der Waals surface area contributed by atoms with Gasteiger partial charge in [0.05, 0.1) is 23.9 Å². The van der Waals surface area contributed by atoms with Gasteiger partial charge in [0.25, 0.3) is 0 Å². The molecule has 0 heterocycles. The third kappa shape index (κ3) is 4.79. The molecular weight excluding hydrogens is 413 g/mol. The fourth-order valence-electron chi connectivity index (χ4n) is 2.51. The van der Waals surface area contributed by atoms with Crippen LogP contribution in [0.2, 0.25) is 0 Å². The van der Waals surface area contributed by atoms with Gasteiger partial charge >= 0.3 is 0 Å². The molecule has 1 atom stereocenters. The molecule has 0 bridgehead atoms. The van der Waals surface area contributed by atoms with Gasteiger partial charge in [0, 0.05) is 9.61 Å². The number of halogens is 1. The number of benzene rings is 2. The van der Waals surface area contributed by atoms with Crippen molar-refractivity contribution in [3.05, 3.63) is 63.2 Å². The molecule has 0 saturated heterocycles. The predicted molar refractivity (Wildman–Crippen MR) is 105 cm³/mol. The van der Waals surface area contributed by atoms with Gasteiger partial charge in [0.1, 0.15) is 0 Å². The molecule has 0 spiro atoms. The lowest BCUT2D eigenvalue weighted by molar-refractivity contribution is -0.117. The summed E-state index contributed by atoms with van der Waals surface area (Å²) in [6.07, 6.45) is 0. The Labute approximate surface area is 156 Å². The second-order valence-corrected chi connectivity index (χ2v) is 6.66. The van der Waals surface area contributed by atoms with Gasteiger partial charge in [0.2, 0.25) is 5.91 Å². The number of hydrogen-bond donors (Lipinski definition) is 1. The first kappa shape index (κ1) is 18.4. The molecule has 0 radical (unpaired) electrons. The van der Waals surface area contributed by atoms with Crippen LogP contribution in [0.4, 0.5) is 5.69 Å². The number of hydrogen-bond acceptors (Lipinski definition) is 3. The molecule has 1 N–H and O–H groups in total. The summed E-state index contributed by atoms with van der Waals surface area (Å²) in [4.78, 5) is 14.5. The highest BCUT2D eigenvalue weighted by atomic mass is 127. The van der Waals surface area contributed by atoms with Crippen LogP contribution in [0.1, 0.15) is 31.0 Å². The van der Waals surface area contributed by atoms with Crippen molar-refractivity contribution in [2.75, 3.05) is 18.4 Å². The number of nitrogens with one attached hydrogen (secondary N) is 1. The maximum atomic E-state index is 12.4. The molecule has 2 aromatic rings. The monoisotopic (exact) mass is 433 g/mol. The SMILES string of the molecule is CCN(CC(=O)Nc1ccccc1I)C(C)c1ccc(C#N)cc1. The topological polar surface area (TPSA) is 56.1 Å². The highest BCUT2D eigenvalue weighted by molar-refractivity contribution is 14.1. The van der Waals surface area contributed by atoms with Gasteiger partial charge in [-0.2, -0.15) is 5.26 Å². The molecule has 24 heavy (non-hydrogen) atoms. The van der Waals surface area contributed by atoms with Crippen LogP contribution in [-0.2, 0) is 4.79 Å². The molecule has 1 unspecified atom stereocenters. The second kappa shape index (κ2) is 8.81. The highest BCUT2D eigenvalue weighted by Crippen LogP contribution is 2.21. The van der Waals surface area contributed by atoms with Crippen LogP contribution in [0.25, 0.3) is 0 Å². The van der Waals surface area contributed by atoms with Gasteiger partial charge in [-0.1, -0.05) is 31.2 Å². The van der Waals surface area contributed by atoms with Crippen molar-refractivity contribution in [3.8, 4) is 6.07 Å². The summed E-state index contributed by atoms with van der Waals surface area (Å²) in [6, 6.07) is 17.5. The summed E-state index contributed by atoms with van der Waals surface area (Å²) < 4.78 is 1.02. The molecule has 2 rings (SSSR count). The summed E-state index contributed by atoms with van der Waals surface area (Å²) in [5, 5.41) is 11.9. The molecule has 0 aromatic heterocycles. The van der Waals surface area contributed by atoms with Crippen molar-refractivity contribution >= 4 is 34.2 Å². The van der Waals surface area contributed by atoms with Crippen molar-refractivity contribution in [1.82, 2.24) is 4.90 Å². The summed E-state index contributed by atoms with van der Waals surface area (Å²) >= 11 is 2.21. The summed E-state index contributed by atoms with van der Waals surface area (Å²) in [5.74, 6) is -0.0264. The highest BCUT2D eigenvalue weighted by Gasteiger charge is 2.17. The van der Waals surface area contributed by atoms with E-state index in [1.54, 1.807) is 0 Å². The van der Waals surface area contributed by atoms with E-state index in [1.165, 1.54) is 0 Å².